The van der Waals surface area contributed by atoms with Crippen LogP contribution in [0.5, 0.6) is 0 Å². The lowest BCUT2D eigenvalue weighted by atomic mass is 10.2. The second-order valence-corrected chi connectivity index (χ2v) is 3.03. The van der Waals surface area contributed by atoms with E-state index in [4.69, 9.17) is 4.74 Å². The molecule has 3 heteroatoms. The Morgan fingerprint density at radius 3 is 2.47 bits per heavy atom. The molecule has 0 saturated carbocycles. The Hall–Kier alpha value is -1.64. The van der Waals surface area contributed by atoms with Gasteiger partial charge in [0.1, 0.15) is 6.29 Å². The van der Waals surface area contributed by atoms with Crippen LogP contribution in [-0.4, -0.2) is 18.9 Å². The molecule has 0 aliphatic heterocycles. The van der Waals surface area contributed by atoms with Crippen molar-refractivity contribution in [2.45, 2.75) is 20.8 Å². The minimum atomic E-state index is -0.351. The summed E-state index contributed by atoms with van der Waals surface area (Å²) in [5.41, 5.74) is 1.42. The predicted molar refractivity (Wildman–Crippen MR) is 59.4 cm³/mol. The van der Waals surface area contributed by atoms with Gasteiger partial charge >= 0.3 is 5.97 Å². The number of hydrogen-bond donors (Lipinski definition) is 0. The van der Waals surface area contributed by atoms with E-state index in [1.807, 2.05) is 0 Å². The number of rotatable bonds is 5. The predicted octanol–water partition coefficient (Wildman–Crippen LogP) is 2.20. The molecule has 0 saturated heterocycles. The Kier molecular flexibility index (Phi) is 6.89. The van der Waals surface area contributed by atoms with Crippen molar-refractivity contribution in [3.63, 3.8) is 0 Å². The van der Waals surface area contributed by atoms with E-state index in [1.165, 1.54) is 6.08 Å². The summed E-state index contributed by atoms with van der Waals surface area (Å²) in [5, 5.41) is 0. The zero-order valence-corrected chi connectivity index (χ0v) is 9.32. The number of carbonyl (C=O) groups excluding carboxylic acids is 2. The number of hydrogen-bond acceptors (Lipinski definition) is 3. The standard InChI is InChI=1S/C12H16O3/c1-4-15-12(14)8-10(2)6-5-7-11(3)9-13/h5-9H,4H2,1-3H3/b6-5+,10-8-,11-7+. The van der Waals surface area contributed by atoms with Gasteiger partial charge in [0.05, 0.1) is 6.61 Å². The number of aldehydes is 1. The first-order chi connectivity index (χ1) is 7.10. The van der Waals surface area contributed by atoms with Gasteiger partial charge in [0, 0.05) is 6.08 Å². The smallest absolute Gasteiger partial charge is 0.330 e. The lowest BCUT2D eigenvalue weighted by Gasteiger charge is -1.95. The van der Waals surface area contributed by atoms with E-state index in [0.29, 0.717) is 12.2 Å². The van der Waals surface area contributed by atoms with E-state index < -0.39 is 0 Å². The summed E-state index contributed by atoms with van der Waals surface area (Å²) in [6.45, 7) is 5.63. The third kappa shape index (κ3) is 7.43. The maximum Gasteiger partial charge on any atom is 0.330 e. The van der Waals surface area contributed by atoms with Crippen LogP contribution in [0.2, 0.25) is 0 Å². The number of allylic oxidation sites excluding steroid dienone is 5. The summed E-state index contributed by atoms with van der Waals surface area (Å²) < 4.78 is 4.74. The lowest BCUT2D eigenvalue weighted by Crippen LogP contribution is -1.99. The zero-order chi connectivity index (χ0) is 11.7. The highest BCUT2D eigenvalue weighted by atomic mass is 16.5. The summed E-state index contributed by atoms with van der Waals surface area (Å²) in [7, 11) is 0. The van der Waals surface area contributed by atoms with Gasteiger partial charge < -0.3 is 4.74 Å². The molecule has 0 aromatic carbocycles. The molecular formula is C12H16O3. The molecule has 0 heterocycles. The van der Waals surface area contributed by atoms with Crippen molar-refractivity contribution in [1.82, 2.24) is 0 Å². The summed E-state index contributed by atoms with van der Waals surface area (Å²) in [5.74, 6) is -0.351. The zero-order valence-electron chi connectivity index (χ0n) is 9.32. The molecule has 0 fully saturated rings. The van der Waals surface area contributed by atoms with Crippen LogP contribution < -0.4 is 0 Å². The highest BCUT2D eigenvalue weighted by Gasteiger charge is 1.94. The van der Waals surface area contributed by atoms with Gasteiger partial charge in [-0.1, -0.05) is 18.2 Å². The van der Waals surface area contributed by atoms with Crippen LogP contribution in [0, 0.1) is 0 Å². The minimum Gasteiger partial charge on any atom is -0.463 e. The first kappa shape index (κ1) is 13.4. The van der Waals surface area contributed by atoms with E-state index in [0.717, 1.165) is 11.9 Å². The van der Waals surface area contributed by atoms with Crippen molar-refractivity contribution < 1.29 is 14.3 Å². The van der Waals surface area contributed by atoms with E-state index in [2.05, 4.69) is 0 Å². The second-order valence-electron chi connectivity index (χ2n) is 3.03. The molecule has 82 valence electrons. The topological polar surface area (TPSA) is 43.4 Å². The maximum absolute atomic E-state index is 11.0. The van der Waals surface area contributed by atoms with E-state index in [-0.39, 0.29) is 5.97 Å². The molecule has 0 rings (SSSR count). The molecule has 0 spiro atoms. The van der Waals surface area contributed by atoms with Crippen LogP contribution in [0.3, 0.4) is 0 Å². The van der Waals surface area contributed by atoms with Gasteiger partial charge in [0.25, 0.3) is 0 Å². The highest BCUT2D eigenvalue weighted by Crippen LogP contribution is 1.97. The summed E-state index contributed by atoms with van der Waals surface area (Å²) >= 11 is 0. The average Bonchev–Trinajstić information content (AvgIpc) is 2.17. The largest absolute Gasteiger partial charge is 0.463 e. The molecule has 0 aliphatic carbocycles. The molecule has 0 atom stereocenters. The first-order valence-corrected chi connectivity index (χ1v) is 4.75. The fourth-order valence-corrected chi connectivity index (χ4v) is 0.809. The molecular weight excluding hydrogens is 192 g/mol. The molecule has 0 aliphatic rings. The minimum absolute atomic E-state index is 0.351. The third-order valence-electron chi connectivity index (χ3n) is 1.54. The Bertz CT molecular complexity index is 309. The van der Waals surface area contributed by atoms with Crippen LogP contribution in [0.25, 0.3) is 0 Å². The Morgan fingerprint density at radius 1 is 1.27 bits per heavy atom. The van der Waals surface area contributed by atoms with Gasteiger partial charge in [-0.25, -0.2) is 4.79 Å². The number of ether oxygens (including phenoxy) is 1. The van der Waals surface area contributed by atoms with Gasteiger partial charge in [-0.15, -0.1) is 0 Å². The van der Waals surface area contributed by atoms with Crippen molar-refractivity contribution in [2.24, 2.45) is 0 Å². The van der Waals surface area contributed by atoms with Crippen molar-refractivity contribution in [2.75, 3.05) is 6.61 Å². The summed E-state index contributed by atoms with van der Waals surface area (Å²) in [6, 6.07) is 0. The fraction of sp³-hybridized carbons (Fsp3) is 0.333. The molecule has 0 aromatic heterocycles. The van der Waals surface area contributed by atoms with Gasteiger partial charge in [0.15, 0.2) is 0 Å². The van der Waals surface area contributed by atoms with Crippen molar-refractivity contribution >= 4 is 12.3 Å². The first-order valence-electron chi connectivity index (χ1n) is 4.75. The lowest BCUT2D eigenvalue weighted by molar-refractivity contribution is -0.137. The van der Waals surface area contributed by atoms with Gasteiger partial charge in [-0.2, -0.15) is 0 Å². The van der Waals surface area contributed by atoms with Crippen LogP contribution in [0.1, 0.15) is 20.8 Å². The molecule has 0 aromatic rings. The Morgan fingerprint density at radius 2 is 1.93 bits per heavy atom. The Balaban J connectivity index is 4.29. The van der Waals surface area contributed by atoms with Crippen LogP contribution >= 0.6 is 0 Å². The molecule has 0 amide bonds. The molecule has 0 bridgehead atoms. The van der Waals surface area contributed by atoms with Crippen molar-refractivity contribution in [1.29, 1.82) is 0 Å². The maximum atomic E-state index is 11.0. The normalized spacial score (nSPS) is 13.0. The highest BCUT2D eigenvalue weighted by molar-refractivity contribution is 5.83. The molecule has 3 nitrogen and oxygen atoms in total. The molecule has 0 N–H and O–H groups in total. The van der Waals surface area contributed by atoms with Crippen LogP contribution in [-0.2, 0) is 14.3 Å². The summed E-state index contributed by atoms with van der Waals surface area (Å²) in [6.07, 6.45) is 7.31. The second kappa shape index (κ2) is 7.74. The number of esters is 1. The van der Waals surface area contributed by atoms with Crippen molar-refractivity contribution in [3.05, 3.63) is 35.5 Å². The third-order valence-corrected chi connectivity index (χ3v) is 1.54. The molecule has 0 unspecified atom stereocenters. The summed E-state index contributed by atoms with van der Waals surface area (Å²) in [4.78, 5) is 21.3. The fourth-order valence-electron chi connectivity index (χ4n) is 0.809. The Labute approximate surface area is 90.1 Å². The molecule has 15 heavy (non-hydrogen) atoms. The van der Waals surface area contributed by atoms with Crippen molar-refractivity contribution in [3.8, 4) is 0 Å². The van der Waals surface area contributed by atoms with E-state index in [9.17, 15) is 9.59 Å². The van der Waals surface area contributed by atoms with Gasteiger partial charge in [0.2, 0.25) is 0 Å². The van der Waals surface area contributed by atoms with Gasteiger partial charge in [-0.05, 0) is 31.9 Å². The van der Waals surface area contributed by atoms with Gasteiger partial charge in [-0.3, -0.25) is 4.79 Å². The van der Waals surface area contributed by atoms with Crippen LogP contribution in [0.15, 0.2) is 35.5 Å². The number of carbonyl (C=O) groups is 2. The van der Waals surface area contributed by atoms with E-state index in [1.54, 1.807) is 39.0 Å². The van der Waals surface area contributed by atoms with Crippen LogP contribution in [0.4, 0.5) is 0 Å². The molecule has 0 radical (unpaired) electrons. The average molecular weight is 208 g/mol. The quantitative estimate of drug-likeness (QED) is 0.301. The monoisotopic (exact) mass is 208 g/mol. The van der Waals surface area contributed by atoms with E-state index >= 15 is 0 Å². The SMILES string of the molecule is CCOC(=O)\C=C(C)/C=C/C=C(\C)C=O.